The van der Waals surface area contributed by atoms with Gasteiger partial charge in [-0.25, -0.2) is 4.39 Å². The zero-order valence-corrected chi connectivity index (χ0v) is 12.0. The Bertz CT molecular complexity index is 622. The molecule has 0 aliphatic carbocycles. The van der Waals surface area contributed by atoms with Crippen molar-refractivity contribution in [2.75, 3.05) is 0 Å². The summed E-state index contributed by atoms with van der Waals surface area (Å²) in [5.74, 6) is -0.368. The topological polar surface area (TPSA) is 36.7 Å². The van der Waals surface area contributed by atoms with Crippen LogP contribution < -0.4 is 0 Å². The maximum Gasteiger partial charge on any atom is 0.129 e. The first-order valence-corrected chi connectivity index (χ1v) is 6.60. The van der Waals surface area contributed by atoms with Crippen LogP contribution >= 0.6 is 15.9 Å². The van der Waals surface area contributed by atoms with Crippen molar-refractivity contribution in [3.8, 4) is 6.07 Å². The predicted octanol–water partition coefficient (Wildman–Crippen LogP) is 4.01. The van der Waals surface area contributed by atoms with Crippen LogP contribution in [0.3, 0.4) is 0 Å². The number of halogens is 2. The quantitative estimate of drug-likeness (QED) is 0.857. The number of aromatic nitrogens is 1. The highest BCUT2D eigenvalue weighted by Gasteiger charge is 2.30. The summed E-state index contributed by atoms with van der Waals surface area (Å²) in [6, 6.07) is 10.7. The maximum absolute atomic E-state index is 14.0. The molecule has 1 heterocycles. The van der Waals surface area contributed by atoms with Gasteiger partial charge in [0.1, 0.15) is 5.82 Å². The molecule has 0 saturated heterocycles. The van der Waals surface area contributed by atoms with Crippen molar-refractivity contribution in [2.45, 2.75) is 18.8 Å². The maximum atomic E-state index is 14.0. The van der Waals surface area contributed by atoms with Gasteiger partial charge in [-0.05, 0) is 43.2 Å². The molecule has 4 heteroatoms. The summed E-state index contributed by atoms with van der Waals surface area (Å²) in [5.41, 5.74) is 0.475. The van der Waals surface area contributed by atoms with Crippen LogP contribution in [0.15, 0.2) is 47.2 Å². The van der Waals surface area contributed by atoms with Gasteiger partial charge in [-0.3, -0.25) is 4.98 Å². The molecule has 2 rings (SSSR count). The second-order valence-corrected chi connectivity index (χ2v) is 5.52. The number of hydrogen-bond donors (Lipinski definition) is 0. The van der Waals surface area contributed by atoms with Gasteiger partial charge in [0.15, 0.2) is 0 Å². The molecule has 0 fully saturated rings. The zero-order chi connectivity index (χ0) is 13.9. The fraction of sp³-hybridized carbons (Fsp3) is 0.200. The number of benzene rings is 1. The van der Waals surface area contributed by atoms with E-state index < -0.39 is 5.41 Å². The van der Waals surface area contributed by atoms with Crippen molar-refractivity contribution in [3.63, 3.8) is 0 Å². The first-order chi connectivity index (χ1) is 9.05. The molecule has 1 atom stereocenters. The minimum atomic E-state index is -0.897. The third-order valence-corrected chi connectivity index (χ3v) is 3.57. The highest BCUT2D eigenvalue weighted by atomic mass is 79.9. The van der Waals surface area contributed by atoms with E-state index in [1.165, 1.54) is 6.07 Å². The van der Waals surface area contributed by atoms with E-state index in [0.29, 0.717) is 16.5 Å². The van der Waals surface area contributed by atoms with E-state index in [1.54, 1.807) is 31.5 Å². The lowest BCUT2D eigenvalue weighted by molar-refractivity contribution is 0.534. The van der Waals surface area contributed by atoms with E-state index in [1.807, 2.05) is 12.1 Å². The van der Waals surface area contributed by atoms with Gasteiger partial charge in [0, 0.05) is 22.4 Å². The molecule has 0 aliphatic rings. The van der Waals surface area contributed by atoms with Crippen LogP contribution in [-0.2, 0) is 11.8 Å². The second-order valence-electron chi connectivity index (χ2n) is 4.60. The molecule has 1 unspecified atom stereocenters. The number of pyridine rings is 1. The lowest BCUT2D eigenvalue weighted by Gasteiger charge is -2.22. The predicted molar refractivity (Wildman–Crippen MR) is 75.0 cm³/mol. The minimum Gasteiger partial charge on any atom is -0.265 e. The van der Waals surface area contributed by atoms with Crippen molar-refractivity contribution >= 4 is 15.9 Å². The smallest absolute Gasteiger partial charge is 0.129 e. The Morgan fingerprint density at radius 1 is 1.32 bits per heavy atom. The van der Waals surface area contributed by atoms with E-state index in [9.17, 15) is 9.65 Å². The van der Waals surface area contributed by atoms with E-state index in [-0.39, 0.29) is 5.82 Å². The molecule has 0 bridgehead atoms. The summed E-state index contributed by atoms with van der Waals surface area (Å²) in [6.45, 7) is 1.75. The van der Waals surface area contributed by atoms with Crippen LogP contribution in [0.2, 0.25) is 0 Å². The van der Waals surface area contributed by atoms with Crippen molar-refractivity contribution in [2.24, 2.45) is 0 Å². The van der Waals surface area contributed by atoms with Gasteiger partial charge in [0.05, 0.1) is 11.5 Å². The Balaban J connectivity index is 2.40. The number of nitrogens with zero attached hydrogens (tertiary/aromatic N) is 2. The van der Waals surface area contributed by atoms with Crippen LogP contribution in [0.25, 0.3) is 0 Å². The van der Waals surface area contributed by atoms with E-state index in [0.717, 1.165) is 5.56 Å². The van der Waals surface area contributed by atoms with Gasteiger partial charge < -0.3 is 0 Å². The molecule has 2 aromatic rings. The molecule has 0 radical (unpaired) electrons. The van der Waals surface area contributed by atoms with Gasteiger partial charge in [0.2, 0.25) is 0 Å². The molecular weight excluding hydrogens is 307 g/mol. The fourth-order valence-corrected chi connectivity index (χ4v) is 2.37. The third-order valence-electron chi connectivity index (χ3n) is 3.08. The number of hydrogen-bond acceptors (Lipinski definition) is 2. The molecule has 0 aliphatic heterocycles. The van der Waals surface area contributed by atoms with Crippen molar-refractivity contribution in [3.05, 3.63) is 64.1 Å². The Hall–Kier alpha value is -1.73. The van der Waals surface area contributed by atoms with Crippen molar-refractivity contribution in [1.82, 2.24) is 4.98 Å². The molecule has 19 heavy (non-hydrogen) atoms. The zero-order valence-electron chi connectivity index (χ0n) is 10.4. The monoisotopic (exact) mass is 318 g/mol. The van der Waals surface area contributed by atoms with Crippen molar-refractivity contribution in [1.29, 1.82) is 5.26 Å². The first-order valence-electron chi connectivity index (χ1n) is 5.81. The van der Waals surface area contributed by atoms with Gasteiger partial charge in [-0.15, -0.1) is 0 Å². The summed E-state index contributed by atoms with van der Waals surface area (Å²) in [6.07, 6.45) is 3.79. The van der Waals surface area contributed by atoms with E-state index in [4.69, 9.17) is 0 Å². The Morgan fingerprint density at radius 2 is 2.00 bits per heavy atom. The van der Waals surface area contributed by atoms with Crippen LogP contribution in [0, 0.1) is 17.1 Å². The lowest BCUT2D eigenvalue weighted by atomic mass is 9.78. The van der Waals surface area contributed by atoms with E-state index >= 15 is 0 Å². The Morgan fingerprint density at radius 3 is 2.58 bits per heavy atom. The summed E-state index contributed by atoms with van der Waals surface area (Å²) in [5, 5.41) is 9.45. The summed E-state index contributed by atoms with van der Waals surface area (Å²) in [4.78, 5) is 3.94. The average Bonchev–Trinajstić information content (AvgIpc) is 2.39. The van der Waals surface area contributed by atoms with Gasteiger partial charge in [-0.2, -0.15) is 5.26 Å². The van der Waals surface area contributed by atoms with Crippen LogP contribution in [0.1, 0.15) is 18.1 Å². The molecule has 0 amide bonds. The van der Waals surface area contributed by atoms with E-state index in [2.05, 4.69) is 27.0 Å². The standard InChI is InChI=1S/C15H12BrFN2/c1-15(10-18,9-11-4-6-19-7-5-11)13-3-2-12(16)8-14(13)17/h2-8H,9H2,1H3. The van der Waals surface area contributed by atoms with Crippen molar-refractivity contribution < 1.29 is 4.39 Å². The molecule has 96 valence electrons. The lowest BCUT2D eigenvalue weighted by Crippen LogP contribution is -2.24. The highest BCUT2D eigenvalue weighted by molar-refractivity contribution is 9.10. The van der Waals surface area contributed by atoms with Gasteiger partial charge >= 0.3 is 0 Å². The number of rotatable bonds is 3. The Labute approximate surface area is 120 Å². The first kappa shape index (κ1) is 13.7. The van der Waals surface area contributed by atoms with Gasteiger partial charge in [-0.1, -0.05) is 22.0 Å². The Kier molecular flexibility index (Phi) is 3.96. The normalized spacial score (nSPS) is 13.6. The van der Waals surface area contributed by atoms with Gasteiger partial charge in [0.25, 0.3) is 0 Å². The van der Waals surface area contributed by atoms with Crippen LogP contribution in [0.4, 0.5) is 4.39 Å². The minimum absolute atomic E-state index is 0.368. The third kappa shape index (κ3) is 2.99. The highest BCUT2D eigenvalue weighted by Crippen LogP contribution is 2.31. The molecule has 1 aromatic heterocycles. The largest absolute Gasteiger partial charge is 0.265 e. The summed E-state index contributed by atoms with van der Waals surface area (Å²) < 4.78 is 14.7. The molecule has 0 N–H and O–H groups in total. The molecule has 0 saturated carbocycles. The average molecular weight is 319 g/mol. The SMILES string of the molecule is CC(C#N)(Cc1ccncc1)c1ccc(Br)cc1F. The molecule has 0 spiro atoms. The number of nitriles is 1. The molecule has 1 aromatic carbocycles. The molecule has 2 nitrogen and oxygen atoms in total. The second kappa shape index (κ2) is 5.50. The van der Waals surface area contributed by atoms with Crippen LogP contribution in [0.5, 0.6) is 0 Å². The molecular formula is C15H12BrFN2. The summed E-state index contributed by atoms with van der Waals surface area (Å²) >= 11 is 3.22. The van der Waals surface area contributed by atoms with Crippen LogP contribution in [-0.4, -0.2) is 4.98 Å². The fourth-order valence-electron chi connectivity index (χ4n) is 2.04. The summed E-state index contributed by atoms with van der Waals surface area (Å²) in [7, 11) is 0.